The van der Waals surface area contributed by atoms with Crippen molar-refractivity contribution in [3.05, 3.63) is 58.9 Å². The Morgan fingerprint density at radius 3 is 2.86 bits per heavy atom. The van der Waals surface area contributed by atoms with Crippen LogP contribution in [0.15, 0.2) is 42.5 Å². The molecule has 6 heteroatoms. The number of rotatable bonds is 2. The number of carbonyl (C=O) groups is 1. The molecule has 1 aromatic heterocycles. The van der Waals surface area contributed by atoms with E-state index in [0.717, 1.165) is 5.56 Å². The monoisotopic (exact) mass is 303 g/mol. The van der Waals surface area contributed by atoms with Gasteiger partial charge in [-0.05, 0) is 35.9 Å². The molecular weight excluding hydrogens is 293 g/mol. The van der Waals surface area contributed by atoms with Crippen LogP contribution in [0.2, 0.25) is 5.02 Å². The van der Waals surface area contributed by atoms with E-state index in [9.17, 15) is 9.18 Å². The first-order chi connectivity index (χ1) is 10.0. The number of fused-ring (bicyclic) bond motifs is 1. The second-order valence-corrected chi connectivity index (χ2v) is 5.10. The fourth-order valence-electron chi connectivity index (χ4n) is 2.20. The van der Waals surface area contributed by atoms with Crippen molar-refractivity contribution in [1.82, 2.24) is 9.78 Å². The molecule has 0 aliphatic rings. The van der Waals surface area contributed by atoms with E-state index in [-0.39, 0.29) is 18.1 Å². The van der Waals surface area contributed by atoms with Gasteiger partial charge < -0.3 is 5.73 Å². The second kappa shape index (κ2) is 5.18. The van der Waals surface area contributed by atoms with Crippen molar-refractivity contribution in [2.45, 2.75) is 6.42 Å². The van der Waals surface area contributed by atoms with Gasteiger partial charge in [0.15, 0.2) is 5.82 Å². The fourth-order valence-corrected chi connectivity index (χ4v) is 2.41. The summed E-state index contributed by atoms with van der Waals surface area (Å²) in [4.78, 5) is 12.3. The zero-order chi connectivity index (χ0) is 15.0. The van der Waals surface area contributed by atoms with Gasteiger partial charge in [0.1, 0.15) is 5.82 Å². The van der Waals surface area contributed by atoms with Crippen LogP contribution in [0.25, 0.3) is 10.9 Å². The molecule has 3 aromatic rings. The molecule has 1 heterocycles. The first-order valence-corrected chi connectivity index (χ1v) is 6.64. The van der Waals surface area contributed by atoms with Gasteiger partial charge >= 0.3 is 0 Å². The summed E-state index contributed by atoms with van der Waals surface area (Å²) in [6.07, 6.45) is 0.133. The minimum Gasteiger partial charge on any atom is -0.382 e. The number of nitrogens with two attached hydrogens (primary N) is 1. The molecule has 0 spiro atoms. The Bertz CT molecular complexity index is 844. The molecule has 0 aliphatic heterocycles. The van der Waals surface area contributed by atoms with Gasteiger partial charge in [-0.2, -0.15) is 4.68 Å². The topological polar surface area (TPSA) is 60.9 Å². The maximum atomic E-state index is 13.2. The van der Waals surface area contributed by atoms with Gasteiger partial charge in [-0.25, -0.2) is 4.39 Å². The molecule has 2 N–H and O–H groups in total. The smallest absolute Gasteiger partial charge is 0.251 e. The molecule has 3 rings (SSSR count). The van der Waals surface area contributed by atoms with Crippen LogP contribution in [-0.2, 0) is 6.42 Å². The maximum absolute atomic E-state index is 13.2. The van der Waals surface area contributed by atoms with Gasteiger partial charge in [0, 0.05) is 10.4 Å². The summed E-state index contributed by atoms with van der Waals surface area (Å²) in [6.45, 7) is 0. The molecule has 0 fully saturated rings. The molecule has 0 bridgehead atoms. The predicted octanol–water partition coefficient (Wildman–Crippen LogP) is 3.29. The Kier molecular flexibility index (Phi) is 3.35. The molecule has 4 nitrogen and oxygen atoms in total. The summed E-state index contributed by atoms with van der Waals surface area (Å²) >= 11 is 5.90. The highest BCUT2D eigenvalue weighted by molar-refractivity contribution is 6.30. The highest BCUT2D eigenvalue weighted by Crippen LogP contribution is 2.22. The molecule has 0 atom stereocenters. The van der Waals surface area contributed by atoms with E-state index in [1.807, 2.05) is 0 Å². The second-order valence-electron chi connectivity index (χ2n) is 4.66. The number of hydrogen-bond acceptors (Lipinski definition) is 3. The average Bonchev–Trinajstić information content (AvgIpc) is 2.76. The lowest BCUT2D eigenvalue weighted by atomic mass is 10.1. The van der Waals surface area contributed by atoms with Gasteiger partial charge in [-0.3, -0.25) is 4.79 Å². The quantitative estimate of drug-likeness (QED) is 0.790. The number of carbonyl (C=O) groups excluding carboxylic acids is 1. The number of benzene rings is 2. The lowest BCUT2D eigenvalue weighted by molar-refractivity contribution is 0.0904. The van der Waals surface area contributed by atoms with Crippen LogP contribution < -0.4 is 5.73 Å². The van der Waals surface area contributed by atoms with Crippen LogP contribution in [0.1, 0.15) is 10.4 Å². The number of halogens is 2. The van der Waals surface area contributed by atoms with Crippen molar-refractivity contribution in [3.8, 4) is 0 Å². The largest absolute Gasteiger partial charge is 0.382 e. The summed E-state index contributed by atoms with van der Waals surface area (Å²) in [5.74, 6) is -0.550. The Morgan fingerprint density at radius 1 is 1.29 bits per heavy atom. The van der Waals surface area contributed by atoms with Crippen LogP contribution in [0.5, 0.6) is 0 Å². The summed E-state index contributed by atoms with van der Waals surface area (Å²) in [5, 5.41) is 4.98. The Balaban J connectivity index is 1.98. The van der Waals surface area contributed by atoms with E-state index >= 15 is 0 Å². The number of nitrogens with zero attached hydrogens (tertiary/aromatic N) is 2. The van der Waals surface area contributed by atoms with Crippen LogP contribution in [0, 0.1) is 5.82 Å². The Hall–Kier alpha value is -2.40. The van der Waals surface area contributed by atoms with Crippen molar-refractivity contribution in [3.63, 3.8) is 0 Å². The van der Waals surface area contributed by atoms with Crippen molar-refractivity contribution in [1.29, 1.82) is 0 Å². The molecule has 106 valence electrons. The van der Waals surface area contributed by atoms with Crippen molar-refractivity contribution in [2.75, 3.05) is 5.73 Å². The zero-order valence-electron chi connectivity index (χ0n) is 10.9. The van der Waals surface area contributed by atoms with Gasteiger partial charge in [-0.15, -0.1) is 5.10 Å². The van der Waals surface area contributed by atoms with E-state index in [4.69, 9.17) is 17.3 Å². The van der Waals surface area contributed by atoms with Gasteiger partial charge in [-0.1, -0.05) is 23.7 Å². The Morgan fingerprint density at radius 2 is 2.10 bits per heavy atom. The van der Waals surface area contributed by atoms with E-state index in [2.05, 4.69) is 5.10 Å². The number of anilines is 1. The lowest BCUT2D eigenvalue weighted by Crippen LogP contribution is -2.15. The molecule has 0 saturated carbocycles. The molecule has 0 saturated heterocycles. The third-order valence-electron chi connectivity index (χ3n) is 3.15. The van der Waals surface area contributed by atoms with Gasteiger partial charge in [0.05, 0.1) is 11.9 Å². The molecule has 0 amide bonds. The van der Waals surface area contributed by atoms with Crippen LogP contribution in [0.4, 0.5) is 10.2 Å². The van der Waals surface area contributed by atoms with E-state index < -0.39 is 5.82 Å². The van der Waals surface area contributed by atoms with Gasteiger partial charge in [0.2, 0.25) is 0 Å². The fraction of sp³-hybridized carbons (Fsp3) is 0.0667. The highest BCUT2D eigenvalue weighted by atomic mass is 35.5. The van der Waals surface area contributed by atoms with Gasteiger partial charge in [0.25, 0.3) is 5.91 Å². The SMILES string of the molecule is Nc1nn(C(=O)Cc2cccc(Cl)c2)c2ccc(F)cc12. The highest BCUT2D eigenvalue weighted by Gasteiger charge is 2.15. The van der Waals surface area contributed by atoms with Crippen molar-refractivity contribution >= 4 is 34.2 Å². The normalized spacial score (nSPS) is 11.0. The minimum absolute atomic E-state index is 0.129. The maximum Gasteiger partial charge on any atom is 0.251 e. The molecular formula is C15H11ClFN3O. The van der Waals surface area contributed by atoms with Crippen LogP contribution in [-0.4, -0.2) is 15.7 Å². The molecule has 0 aliphatic carbocycles. The first kappa shape index (κ1) is 13.6. The number of hydrogen-bond donors (Lipinski definition) is 1. The van der Waals surface area contributed by atoms with Crippen LogP contribution >= 0.6 is 11.6 Å². The zero-order valence-corrected chi connectivity index (χ0v) is 11.6. The number of nitrogen functional groups attached to an aromatic ring is 1. The molecule has 2 aromatic carbocycles. The number of aromatic nitrogens is 2. The third-order valence-corrected chi connectivity index (χ3v) is 3.39. The predicted molar refractivity (Wildman–Crippen MR) is 79.9 cm³/mol. The summed E-state index contributed by atoms with van der Waals surface area (Å²) in [7, 11) is 0. The summed E-state index contributed by atoms with van der Waals surface area (Å²) < 4.78 is 14.4. The third kappa shape index (κ3) is 2.60. The minimum atomic E-state index is -0.420. The van der Waals surface area contributed by atoms with E-state index in [0.29, 0.717) is 15.9 Å². The summed E-state index contributed by atoms with van der Waals surface area (Å²) in [6, 6.07) is 11.1. The standard InChI is InChI=1S/C15H11ClFN3O/c16-10-3-1-2-9(6-10)7-14(21)20-13-5-4-11(17)8-12(13)15(18)19-20/h1-6,8H,7H2,(H2,18,19). The van der Waals surface area contributed by atoms with Crippen molar-refractivity contribution in [2.24, 2.45) is 0 Å². The molecule has 0 unspecified atom stereocenters. The van der Waals surface area contributed by atoms with Crippen LogP contribution in [0.3, 0.4) is 0 Å². The lowest BCUT2D eigenvalue weighted by Gasteiger charge is -2.03. The van der Waals surface area contributed by atoms with E-state index in [1.165, 1.54) is 22.9 Å². The molecule has 21 heavy (non-hydrogen) atoms. The summed E-state index contributed by atoms with van der Waals surface area (Å²) in [5.41, 5.74) is 6.99. The Labute approximate surface area is 124 Å². The first-order valence-electron chi connectivity index (χ1n) is 6.26. The molecule has 0 radical (unpaired) electrons. The van der Waals surface area contributed by atoms with Crippen molar-refractivity contribution < 1.29 is 9.18 Å². The average molecular weight is 304 g/mol. The van der Waals surface area contributed by atoms with E-state index in [1.54, 1.807) is 24.3 Å².